The molecule has 2 aromatic carbocycles. The number of aromatic hydroxyl groups is 1. The van der Waals surface area contributed by atoms with Crippen LogP contribution in [0.2, 0.25) is 0 Å². The van der Waals surface area contributed by atoms with E-state index in [1.165, 1.54) is 4.90 Å². The second kappa shape index (κ2) is 9.94. The first-order valence-corrected chi connectivity index (χ1v) is 12.2. The van der Waals surface area contributed by atoms with E-state index in [2.05, 4.69) is 47.4 Å². The average Bonchev–Trinajstić information content (AvgIpc) is 2.81. The van der Waals surface area contributed by atoms with Crippen LogP contribution in [0, 0.1) is 6.92 Å². The molecule has 168 valence electrons. The fourth-order valence-electron chi connectivity index (χ4n) is 4.41. The first-order chi connectivity index (χ1) is 15.5. The maximum atomic E-state index is 13.8. The van der Waals surface area contributed by atoms with Gasteiger partial charge in [-0.25, -0.2) is 0 Å². The van der Waals surface area contributed by atoms with Gasteiger partial charge in [0.1, 0.15) is 5.75 Å². The number of benzene rings is 2. The van der Waals surface area contributed by atoms with E-state index < -0.39 is 0 Å². The zero-order chi connectivity index (χ0) is 22.7. The Morgan fingerprint density at radius 2 is 1.66 bits per heavy atom. The van der Waals surface area contributed by atoms with Gasteiger partial charge in [0.15, 0.2) is 0 Å². The van der Waals surface area contributed by atoms with E-state index in [1.807, 2.05) is 37.3 Å². The number of piperazine rings is 1. The summed E-state index contributed by atoms with van der Waals surface area (Å²) >= 11 is 1.70. The summed E-state index contributed by atoms with van der Waals surface area (Å²) < 4.78 is 1.78. The highest BCUT2D eigenvalue weighted by molar-refractivity contribution is 7.98. The highest BCUT2D eigenvalue weighted by Crippen LogP contribution is 2.34. The van der Waals surface area contributed by atoms with E-state index in [0.29, 0.717) is 12.1 Å². The molecule has 1 aliphatic heterocycles. The van der Waals surface area contributed by atoms with Crippen LogP contribution in [0.25, 0.3) is 0 Å². The summed E-state index contributed by atoms with van der Waals surface area (Å²) in [6.07, 6.45) is 2.06. The lowest BCUT2D eigenvalue weighted by molar-refractivity contribution is 0.125. The number of rotatable bonds is 6. The molecule has 5 nitrogen and oxygen atoms in total. The summed E-state index contributed by atoms with van der Waals surface area (Å²) in [5, 5.41) is 11.0. The van der Waals surface area contributed by atoms with Crippen molar-refractivity contribution in [3.63, 3.8) is 0 Å². The summed E-state index contributed by atoms with van der Waals surface area (Å²) in [6, 6.07) is 19.8. The molecule has 3 aromatic rings. The van der Waals surface area contributed by atoms with Crippen LogP contribution in [0.1, 0.15) is 28.4 Å². The summed E-state index contributed by atoms with van der Waals surface area (Å²) in [5.74, 6) is 0.0784. The Morgan fingerprint density at radius 1 is 1.00 bits per heavy atom. The number of likely N-dealkylation sites (N-methyl/N-ethyl adjacent to an activating group) is 1. The van der Waals surface area contributed by atoms with Crippen LogP contribution in [0.15, 0.2) is 70.4 Å². The molecular weight excluding hydrogens is 418 g/mol. The Morgan fingerprint density at radius 3 is 2.28 bits per heavy atom. The van der Waals surface area contributed by atoms with E-state index in [1.54, 1.807) is 22.4 Å². The van der Waals surface area contributed by atoms with Gasteiger partial charge in [0, 0.05) is 36.8 Å². The zero-order valence-electron chi connectivity index (χ0n) is 19.0. The second-order valence-electron chi connectivity index (χ2n) is 8.48. The Bertz CT molecular complexity index is 1100. The van der Waals surface area contributed by atoms with Crippen molar-refractivity contribution in [1.82, 2.24) is 14.4 Å². The van der Waals surface area contributed by atoms with Crippen molar-refractivity contribution >= 4 is 11.8 Å². The van der Waals surface area contributed by atoms with Gasteiger partial charge in [-0.05, 0) is 49.6 Å². The van der Waals surface area contributed by atoms with E-state index >= 15 is 0 Å². The third-order valence-corrected chi connectivity index (χ3v) is 7.06. The van der Waals surface area contributed by atoms with E-state index in [4.69, 9.17) is 0 Å². The molecule has 0 saturated carbocycles. The van der Waals surface area contributed by atoms with Gasteiger partial charge in [-0.2, -0.15) is 0 Å². The molecule has 0 amide bonds. The van der Waals surface area contributed by atoms with Crippen LogP contribution >= 0.6 is 11.8 Å². The highest BCUT2D eigenvalue weighted by atomic mass is 32.2. The van der Waals surface area contributed by atoms with E-state index in [-0.39, 0.29) is 17.4 Å². The predicted molar refractivity (Wildman–Crippen MR) is 132 cm³/mol. The molecule has 0 bridgehead atoms. The maximum absolute atomic E-state index is 13.8. The number of hydrogen-bond donors (Lipinski definition) is 1. The molecule has 1 atom stereocenters. The van der Waals surface area contributed by atoms with Crippen LogP contribution < -0.4 is 5.56 Å². The highest BCUT2D eigenvalue weighted by Gasteiger charge is 2.30. The Hall–Kier alpha value is -2.54. The Kier molecular flexibility index (Phi) is 7.04. The minimum atomic E-state index is -0.283. The number of thioether (sulfide) groups is 1. The molecule has 1 unspecified atom stereocenters. The van der Waals surface area contributed by atoms with Gasteiger partial charge in [0.25, 0.3) is 5.56 Å². The Labute approximate surface area is 194 Å². The van der Waals surface area contributed by atoms with Gasteiger partial charge in [0.05, 0.1) is 18.2 Å². The van der Waals surface area contributed by atoms with Gasteiger partial charge in [0.2, 0.25) is 0 Å². The van der Waals surface area contributed by atoms with Gasteiger partial charge >= 0.3 is 0 Å². The molecule has 32 heavy (non-hydrogen) atoms. The molecule has 4 rings (SSSR count). The second-order valence-corrected chi connectivity index (χ2v) is 9.36. The minimum absolute atomic E-state index is 0.0784. The smallest absolute Gasteiger partial charge is 0.259 e. The monoisotopic (exact) mass is 449 g/mol. The van der Waals surface area contributed by atoms with Crippen molar-refractivity contribution in [2.75, 3.05) is 39.5 Å². The third-order valence-electron chi connectivity index (χ3n) is 6.31. The quantitative estimate of drug-likeness (QED) is 0.577. The molecule has 6 heteroatoms. The molecular formula is C26H31N3O2S. The van der Waals surface area contributed by atoms with Crippen LogP contribution in [-0.4, -0.2) is 59.0 Å². The number of hydrogen-bond acceptors (Lipinski definition) is 5. The SMILES string of the molecule is CSc1ccc(C(c2c(O)cc(C)n(Cc3ccccc3)c2=O)N2CCN(C)CC2)cc1. The first kappa shape index (κ1) is 22.6. The van der Waals surface area contributed by atoms with Gasteiger partial charge in [-0.3, -0.25) is 9.69 Å². The fraction of sp³-hybridized carbons (Fsp3) is 0.346. The van der Waals surface area contributed by atoms with E-state index in [0.717, 1.165) is 43.0 Å². The lowest BCUT2D eigenvalue weighted by Gasteiger charge is -2.38. The summed E-state index contributed by atoms with van der Waals surface area (Å²) in [4.78, 5) is 19.6. The van der Waals surface area contributed by atoms with Gasteiger partial charge in [-0.15, -0.1) is 11.8 Å². The molecule has 1 saturated heterocycles. The van der Waals surface area contributed by atoms with Crippen molar-refractivity contribution < 1.29 is 5.11 Å². The van der Waals surface area contributed by atoms with Crippen LogP contribution in [-0.2, 0) is 6.54 Å². The average molecular weight is 450 g/mol. The zero-order valence-corrected chi connectivity index (χ0v) is 19.8. The van der Waals surface area contributed by atoms with Gasteiger partial charge in [-0.1, -0.05) is 42.5 Å². The topological polar surface area (TPSA) is 48.7 Å². The summed E-state index contributed by atoms with van der Waals surface area (Å²) in [5.41, 5.74) is 3.21. The van der Waals surface area contributed by atoms with Crippen molar-refractivity contribution in [3.8, 4) is 5.75 Å². The fourth-order valence-corrected chi connectivity index (χ4v) is 4.82. The van der Waals surface area contributed by atoms with Crippen molar-refractivity contribution in [2.24, 2.45) is 0 Å². The molecule has 1 aliphatic rings. The molecule has 1 fully saturated rings. The standard InChI is InChI=1S/C26H31N3O2S/c1-19-17-23(30)24(26(31)29(19)18-20-7-5-4-6-8-20)25(28-15-13-27(2)14-16-28)21-9-11-22(32-3)12-10-21/h4-12,17,25,30H,13-16,18H2,1-3H3. The number of aryl methyl sites for hydroxylation is 1. The Balaban J connectivity index is 1.82. The summed E-state index contributed by atoms with van der Waals surface area (Å²) in [7, 11) is 2.12. The van der Waals surface area contributed by atoms with Crippen molar-refractivity contribution in [2.45, 2.75) is 24.4 Å². The number of pyridine rings is 1. The van der Waals surface area contributed by atoms with Crippen LogP contribution in [0.5, 0.6) is 5.75 Å². The van der Waals surface area contributed by atoms with Gasteiger partial charge < -0.3 is 14.6 Å². The molecule has 1 N–H and O–H groups in total. The lowest BCUT2D eigenvalue weighted by atomic mass is 9.96. The third kappa shape index (κ3) is 4.77. The molecule has 1 aromatic heterocycles. The maximum Gasteiger partial charge on any atom is 0.259 e. The normalized spacial score (nSPS) is 16.2. The summed E-state index contributed by atoms with van der Waals surface area (Å²) in [6.45, 7) is 5.92. The number of nitrogens with zero attached hydrogens (tertiary/aromatic N) is 3. The van der Waals surface area contributed by atoms with Crippen LogP contribution in [0.4, 0.5) is 0 Å². The van der Waals surface area contributed by atoms with Crippen molar-refractivity contribution in [3.05, 3.63) is 93.4 Å². The van der Waals surface area contributed by atoms with Crippen LogP contribution in [0.3, 0.4) is 0 Å². The van der Waals surface area contributed by atoms with Crippen molar-refractivity contribution in [1.29, 1.82) is 0 Å². The predicted octanol–water partition coefficient (Wildman–Crippen LogP) is 3.97. The number of aromatic nitrogens is 1. The molecule has 0 radical (unpaired) electrons. The first-order valence-electron chi connectivity index (χ1n) is 11.0. The molecule has 0 aliphatic carbocycles. The largest absolute Gasteiger partial charge is 0.507 e. The minimum Gasteiger partial charge on any atom is -0.507 e. The molecule has 2 heterocycles. The molecule has 0 spiro atoms. The van der Waals surface area contributed by atoms with E-state index in [9.17, 15) is 9.90 Å². The lowest BCUT2D eigenvalue weighted by Crippen LogP contribution is -2.47.